The van der Waals surface area contributed by atoms with Crippen LogP contribution in [0, 0.1) is 24.0 Å². The minimum Gasteiger partial charge on any atom is -0.472 e. The van der Waals surface area contributed by atoms with Crippen molar-refractivity contribution >= 4 is 39.9 Å². The monoisotopic (exact) mass is 492 g/mol. The second-order valence-electron chi connectivity index (χ2n) is 7.70. The van der Waals surface area contributed by atoms with Crippen LogP contribution < -0.4 is 4.74 Å². The minimum atomic E-state index is -0.454. The molecule has 12 nitrogen and oxygen atoms in total. The van der Waals surface area contributed by atoms with Gasteiger partial charge in [0.25, 0.3) is 0 Å². The van der Waals surface area contributed by atoms with Gasteiger partial charge in [0.1, 0.15) is 11.4 Å². The summed E-state index contributed by atoms with van der Waals surface area (Å²) in [5.41, 5.74) is 1.44. The number of aryl methyl sites for hydroxylation is 3. The average molecular weight is 493 g/mol. The van der Waals surface area contributed by atoms with Crippen molar-refractivity contribution in [1.82, 2.24) is 34.5 Å². The number of halogens is 2. The first kappa shape index (κ1) is 21.6. The molecule has 0 atom stereocenters. The molecule has 1 saturated carbocycles. The number of ether oxygens (including phenoxy) is 1. The number of hydrogen-bond acceptors (Lipinski definition) is 9. The van der Waals surface area contributed by atoms with Crippen LogP contribution >= 0.6 is 23.2 Å². The lowest BCUT2D eigenvalue weighted by Gasteiger charge is -2.04. The summed E-state index contributed by atoms with van der Waals surface area (Å²) in [5, 5.41) is 21.5. The molecule has 1 fully saturated rings. The molecule has 0 aromatic carbocycles. The molecule has 5 rings (SSSR count). The first-order chi connectivity index (χ1) is 15.8. The van der Waals surface area contributed by atoms with Gasteiger partial charge in [-0.3, -0.25) is 10.1 Å². The predicted octanol–water partition coefficient (Wildman–Crippen LogP) is 4.18. The van der Waals surface area contributed by atoms with Crippen LogP contribution in [0.3, 0.4) is 0 Å². The molecule has 33 heavy (non-hydrogen) atoms. The van der Waals surface area contributed by atoms with Gasteiger partial charge >= 0.3 is 11.6 Å². The summed E-state index contributed by atoms with van der Waals surface area (Å²) in [6.07, 6.45) is 3.67. The molecule has 1 aliphatic carbocycles. The lowest BCUT2D eigenvalue weighted by Crippen LogP contribution is -2.07. The smallest absolute Gasteiger partial charge is 0.354 e. The highest BCUT2D eigenvalue weighted by molar-refractivity contribution is 6.34. The molecule has 172 valence electrons. The Labute approximate surface area is 196 Å². The van der Waals surface area contributed by atoms with E-state index < -0.39 is 4.92 Å². The van der Waals surface area contributed by atoms with Crippen molar-refractivity contribution in [3.05, 3.63) is 44.0 Å². The SMILES string of the molecule is Cc1nc(C)c(-n2nc(OCCCn3nc(Cl)c4cnc(Cl)nc43)c([N+](=O)[O-])c2C2CC2)o1. The van der Waals surface area contributed by atoms with Crippen molar-refractivity contribution < 1.29 is 14.1 Å². The predicted molar refractivity (Wildman–Crippen MR) is 117 cm³/mol. The zero-order valence-electron chi connectivity index (χ0n) is 17.7. The molecule has 0 aliphatic heterocycles. The van der Waals surface area contributed by atoms with Crippen LogP contribution in [-0.4, -0.2) is 46.0 Å². The maximum Gasteiger partial charge on any atom is 0.354 e. The summed E-state index contributed by atoms with van der Waals surface area (Å²) in [5.74, 6) is 0.798. The highest BCUT2D eigenvalue weighted by atomic mass is 35.5. The fraction of sp³-hybridized carbons (Fsp3) is 0.421. The van der Waals surface area contributed by atoms with Crippen LogP contribution in [0.5, 0.6) is 5.88 Å². The Kier molecular flexibility index (Phi) is 5.41. The number of nitro groups is 1. The van der Waals surface area contributed by atoms with Crippen molar-refractivity contribution in [2.75, 3.05) is 6.61 Å². The molecule has 4 aromatic heterocycles. The molecule has 1 aliphatic rings. The van der Waals surface area contributed by atoms with E-state index in [4.69, 9.17) is 32.4 Å². The quantitative estimate of drug-likeness (QED) is 0.153. The Morgan fingerprint density at radius 3 is 2.73 bits per heavy atom. The number of rotatable bonds is 8. The molecule has 0 spiro atoms. The summed E-state index contributed by atoms with van der Waals surface area (Å²) in [6.45, 7) is 4.05. The number of oxazole rings is 1. The Bertz CT molecular complexity index is 1370. The normalized spacial score (nSPS) is 13.7. The third kappa shape index (κ3) is 4.00. The lowest BCUT2D eigenvalue weighted by molar-refractivity contribution is -0.386. The van der Waals surface area contributed by atoms with Crippen molar-refractivity contribution in [1.29, 1.82) is 0 Å². The van der Waals surface area contributed by atoms with E-state index in [1.54, 1.807) is 18.5 Å². The van der Waals surface area contributed by atoms with Gasteiger partial charge in [0.2, 0.25) is 11.2 Å². The van der Waals surface area contributed by atoms with E-state index >= 15 is 0 Å². The highest BCUT2D eigenvalue weighted by Gasteiger charge is 2.41. The van der Waals surface area contributed by atoms with E-state index in [-0.39, 0.29) is 34.5 Å². The van der Waals surface area contributed by atoms with E-state index in [2.05, 4.69) is 25.1 Å². The third-order valence-electron chi connectivity index (χ3n) is 5.25. The van der Waals surface area contributed by atoms with Crippen molar-refractivity contribution in [2.24, 2.45) is 0 Å². The van der Waals surface area contributed by atoms with Crippen LogP contribution in [0.15, 0.2) is 10.6 Å². The first-order valence-electron chi connectivity index (χ1n) is 10.2. The maximum absolute atomic E-state index is 11.9. The van der Waals surface area contributed by atoms with Gasteiger partial charge in [-0.15, -0.1) is 5.10 Å². The Hall–Kier alpha value is -3.25. The third-order valence-corrected chi connectivity index (χ3v) is 5.71. The van der Waals surface area contributed by atoms with Gasteiger partial charge in [-0.1, -0.05) is 11.6 Å². The minimum absolute atomic E-state index is 0.0297. The molecule has 0 unspecified atom stereocenters. The second kappa shape index (κ2) is 8.27. The van der Waals surface area contributed by atoms with E-state index in [1.807, 2.05) is 0 Å². The van der Waals surface area contributed by atoms with Gasteiger partial charge in [0, 0.05) is 32.0 Å². The van der Waals surface area contributed by atoms with Crippen molar-refractivity contribution in [3.63, 3.8) is 0 Å². The molecule has 0 bridgehead atoms. The number of aromatic nitrogens is 7. The van der Waals surface area contributed by atoms with E-state index in [9.17, 15) is 10.1 Å². The molecular formula is C19H18Cl2N8O4. The van der Waals surface area contributed by atoms with E-state index in [0.717, 1.165) is 12.8 Å². The molecule has 4 aromatic rings. The Balaban J connectivity index is 1.38. The van der Waals surface area contributed by atoms with Crippen LogP contribution in [0.1, 0.15) is 42.5 Å². The van der Waals surface area contributed by atoms with Crippen molar-refractivity contribution in [2.45, 2.75) is 45.6 Å². The molecular weight excluding hydrogens is 475 g/mol. The molecule has 0 amide bonds. The Morgan fingerprint density at radius 1 is 1.27 bits per heavy atom. The lowest BCUT2D eigenvalue weighted by atomic mass is 10.2. The van der Waals surface area contributed by atoms with E-state index in [0.29, 0.717) is 47.2 Å². The average Bonchev–Trinajstić information content (AvgIpc) is 3.35. The van der Waals surface area contributed by atoms with Crippen LogP contribution in [0.4, 0.5) is 5.69 Å². The van der Waals surface area contributed by atoms with Crippen LogP contribution in [-0.2, 0) is 6.54 Å². The summed E-state index contributed by atoms with van der Waals surface area (Å²) in [6, 6.07) is 0. The molecule has 0 N–H and O–H groups in total. The van der Waals surface area contributed by atoms with Crippen LogP contribution in [0.2, 0.25) is 10.4 Å². The summed E-state index contributed by atoms with van der Waals surface area (Å²) in [7, 11) is 0. The standard InChI is InChI=1S/C19H18Cl2N8O4/c1-9-18(33-10(2)23-9)28-13(11-4-5-11)14(29(30)31)17(26-28)32-7-3-6-27-16-12(15(20)25-27)8-22-19(21)24-16/h8,11H,3-7H2,1-2H3. The van der Waals surface area contributed by atoms with Gasteiger partial charge in [-0.2, -0.15) is 14.8 Å². The zero-order valence-corrected chi connectivity index (χ0v) is 19.2. The summed E-state index contributed by atoms with van der Waals surface area (Å²) < 4.78 is 14.5. The highest BCUT2D eigenvalue weighted by Crippen LogP contribution is 2.48. The second-order valence-corrected chi connectivity index (χ2v) is 8.39. The molecule has 0 radical (unpaired) electrons. The summed E-state index contributed by atoms with van der Waals surface area (Å²) >= 11 is 12.0. The fourth-order valence-electron chi connectivity index (χ4n) is 3.71. The van der Waals surface area contributed by atoms with Gasteiger partial charge in [0.05, 0.1) is 16.9 Å². The first-order valence-corrected chi connectivity index (χ1v) is 11.0. The maximum atomic E-state index is 11.9. The van der Waals surface area contributed by atoms with E-state index in [1.165, 1.54) is 10.9 Å². The topological polar surface area (TPSA) is 140 Å². The van der Waals surface area contributed by atoms with Crippen molar-refractivity contribution in [3.8, 4) is 11.8 Å². The molecule has 14 heteroatoms. The Morgan fingerprint density at radius 2 is 2.06 bits per heavy atom. The number of fused-ring (bicyclic) bond motifs is 1. The van der Waals surface area contributed by atoms with Crippen LogP contribution in [0.25, 0.3) is 16.9 Å². The number of nitrogens with zero attached hydrogens (tertiary/aromatic N) is 8. The molecule has 0 saturated heterocycles. The largest absolute Gasteiger partial charge is 0.472 e. The number of hydrogen-bond donors (Lipinski definition) is 0. The zero-order chi connectivity index (χ0) is 23.3. The fourth-order valence-corrected chi connectivity index (χ4v) is 4.06. The van der Waals surface area contributed by atoms with Gasteiger partial charge < -0.3 is 9.15 Å². The van der Waals surface area contributed by atoms with Gasteiger partial charge in [0.15, 0.2) is 16.7 Å². The van der Waals surface area contributed by atoms with Gasteiger partial charge in [-0.25, -0.2) is 14.6 Å². The summed E-state index contributed by atoms with van der Waals surface area (Å²) in [4.78, 5) is 23.8. The van der Waals surface area contributed by atoms with Gasteiger partial charge in [-0.05, 0) is 31.4 Å². The molecule has 4 heterocycles.